The summed E-state index contributed by atoms with van der Waals surface area (Å²) in [7, 11) is -3.54. The monoisotopic (exact) mass is 387 g/mol. The topological polar surface area (TPSA) is 108 Å². The Bertz CT molecular complexity index is 729. The molecule has 1 aliphatic heterocycles. The average Bonchev–Trinajstić information content (AvgIpc) is 3.01. The van der Waals surface area contributed by atoms with Crippen LogP contribution >= 0.6 is 0 Å². The zero-order valence-corrected chi connectivity index (χ0v) is 16.0. The highest BCUT2D eigenvalue weighted by Gasteiger charge is 2.72. The van der Waals surface area contributed by atoms with E-state index >= 15 is 0 Å². The second kappa shape index (κ2) is 6.61. The van der Waals surface area contributed by atoms with Gasteiger partial charge in [0.25, 0.3) is 10.1 Å². The number of fused-ring (bicyclic) bond motifs is 1. The summed E-state index contributed by atoms with van der Waals surface area (Å²) in [6.07, 6.45) is -0.404. The first-order chi connectivity index (χ1) is 12.1. The summed E-state index contributed by atoms with van der Waals surface area (Å²) in [5, 5.41) is 2.14. The summed E-state index contributed by atoms with van der Waals surface area (Å²) < 4.78 is 40.2. The summed E-state index contributed by atoms with van der Waals surface area (Å²) in [5.74, 6) is -0.903. The normalized spacial score (nSPS) is 35.3. The van der Waals surface area contributed by atoms with Crippen molar-refractivity contribution < 1.29 is 31.7 Å². The van der Waals surface area contributed by atoms with Gasteiger partial charge in [-0.15, -0.1) is 0 Å². The number of ether oxygens (including phenoxy) is 2. The van der Waals surface area contributed by atoms with E-state index in [2.05, 4.69) is 11.9 Å². The standard InChI is InChI=1S/C17H25NO7S/c1-9(2)16(20)23-6-5-18-12(19)8-24-14-10-7-11-13(17(10,3)4)15(14)25-26(11,21)22/h10-11,13-15H,1,5-8H2,2-4H3,(H,18,19). The Kier molecular flexibility index (Phi) is 4.91. The molecule has 0 spiro atoms. The molecule has 3 rings (SSSR count). The Morgan fingerprint density at radius 1 is 1.35 bits per heavy atom. The predicted octanol–water partition coefficient (Wildman–Crippen LogP) is 0.380. The van der Waals surface area contributed by atoms with E-state index in [0.29, 0.717) is 12.0 Å². The van der Waals surface area contributed by atoms with Crippen molar-refractivity contribution >= 4 is 22.0 Å². The van der Waals surface area contributed by atoms with Gasteiger partial charge in [-0.25, -0.2) is 4.79 Å². The third kappa shape index (κ3) is 3.16. The van der Waals surface area contributed by atoms with Gasteiger partial charge in [-0.1, -0.05) is 20.4 Å². The summed E-state index contributed by atoms with van der Waals surface area (Å²) in [5.41, 5.74) is 0.0972. The van der Waals surface area contributed by atoms with Gasteiger partial charge in [-0.05, 0) is 24.7 Å². The van der Waals surface area contributed by atoms with Gasteiger partial charge in [0.15, 0.2) is 0 Å². The molecule has 1 N–H and O–H groups in total. The van der Waals surface area contributed by atoms with Gasteiger partial charge in [0, 0.05) is 11.5 Å². The first kappa shape index (κ1) is 19.3. The largest absolute Gasteiger partial charge is 0.460 e. The smallest absolute Gasteiger partial charge is 0.333 e. The highest BCUT2D eigenvalue weighted by Crippen LogP contribution is 2.64. The van der Waals surface area contributed by atoms with Gasteiger partial charge < -0.3 is 14.8 Å². The van der Waals surface area contributed by atoms with Gasteiger partial charge in [0.05, 0.1) is 17.9 Å². The molecule has 26 heavy (non-hydrogen) atoms. The SMILES string of the molecule is C=C(C)C(=O)OCCNC(=O)COC1C2OS(=O)(=O)C3CC1C(C)(C)C23. The minimum absolute atomic E-state index is 0.0455. The van der Waals surface area contributed by atoms with E-state index in [1.54, 1.807) is 6.92 Å². The van der Waals surface area contributed by atoms with E-state index in [1.807, 2.05) is 13.8 Å². The Balaban J connectivity index is 1.48. The number of esters is 1. The molecule has 146 valence electrons. The summed E-state index contributed by atoms with van der Waals surface area (Å²) in [6, 6.07) is 0. The number of carbonyl (C=O) groups excluding carboxylic acids is 2. The van der Waals surface area contributed by atoms with E-state index in [9.17, 15) is 18.0 Å². The summed E-state index contributed by atoms with van der Waals surface area (Å²) in [4.78, 5) is 23.2. The molecule has 1 heterocycles. The number of hydrogen-bond acceptors (Lipinski definition) is 7. The Morgan fingerprint density at radius 2 is 2.04 bits per heavy atom. The molecule has 2 aliphatic carbocycles. The van der Waals surface area contributed by atoms with Crippen LogP contribution in [0, 0.1) is 17.3 Å². The van der Waals surface area contributed by atoms with E-state index < -0.39 is 33.5 Å². The van der Waals surface area contributed by atoms with E-state index in [4.69, 9.17) is 13.7 Å². The van der Waals surface area contributed by atoms with Gasteiger partial charge in [-0.3, -0.25) is 8.98 Å². The number of rotatable bonds is 7. The lowest BCUT2D eigenvalue weighted by molar-refractivity contribution is -0.140. The second-order valence-electron chi connectivity index (χ2n) is 7.82. The van der Waals surface area contributed by atoms with Gasteiger partial charge in [-0.2, -0.15) is 8.42 Å². The summed E-state index contributed by atoms with van der Waals surface area (Å²) >= 11 is 0. The molecular formula is C17H25NO7S. The fourth-order valence-electron chi connectivity index (χ4n) is 4.58. The third-order valence-electron chi connectivity index (χ3n) is 5.80. The molecule has 3 aliphatic rings. The van der Waals surface area contributed by atoms with Crippen LogP contribution in [0.5, 0.6) is 0 Å². The zero-order chi connectivity index (χ0) is 19.3. The van der Waals surface area contributed by atoms with Crippen molar-refractivity contribution in [2.75, 3.05) is 19.8 Å². The molecular weight excluding hydrogens is 362 g/mol. The molecule has 1 amide bonds. The lowest BCUT2D eigenvalue weighted by Crippen LogP contribution is -2.39. The molecule has 2 bridgehead atoms. The van der Waals surface area contributed by atoms with Crippen LogP contribution in [0.4, 0.5) is 0 Å². The van der Waals surface area contributed by atoms with Crippen molar-refractivity contribution in [2.24, 2.45) is 17.3 Å². The van der Waals surface area contributed by atoms with Crippen LogP contribution in [0.3, 0.4) is 0 Å². The van der Waals surface area contributed by atoms with Gasteiger partial charge >= 0.3 is 5.97 Å². The Hall–Kier alpha value is -1.45. The highest BCUT2D eigenvalue weighted by molar-refractivity contribution is 7.87. The molecule has 0 aromatic rings. The minimum Gasteiger partial charge on any atom is -0.460 e. The number of amides is 1. The molecule has 9 heteroatoms. The van der Waals surface area contributed by atoms with Crippen molar-refractivity contribution in [3.63, 3.8) is 0 Å². The maximum atomic E-state index is 12.1. The lowest BCUT2D eigenvalue weighted by atomic mass is 9.81. The molecule has 8 nitrogen and oxygen atoms in total. The first-order valence-corrected chi connectivity index (χ1v) is 10.2. The van der Waals surface area contributed by atoms with E-state index in [1.165, 1.54) is 0 Å². The van der Waals surface area contributed by atoms with E-state index in [0.717, 1.165) is 0 Å². The minimum atomic E-state index is -3.54. The maximum absolute atomic E-state index is 12.1. The van der Waals surface area contributed by atoms with Crippen LogP contribution in [0.2, 0.25) is 0 Å². The first-order valence-electron chi connectivity index (χ1n) is 8.68. The lowest BCUT2D eigenvalue weighted by Gasteiger charge is -2.26. The van der Waals surface area contributed by atoms with Crippen molar-refractivity contribution in [2.45, 2.75) is 44.6 Å². The van der Waals surface area contributed by atoms with Crippen molar-refractivity contribution in [3.8, 4) is 0 Å². The Morgan fingerprint density at radius 3 is 2.69 bits per heavy atom. The molecule has 0 radical (unpaired) electrons. The molecule has 1 saturated heterocycles. The number of hydrogen-bond donors (Lipinski definition) is 1. The molecule has 0 aromatic carbocycles. The number of nitrogens with one attached hydrogen (secondary N) is 1. The second-order valence-corrected chi connectivity index (χ2v) is 9.61. The molecule has 2 saturated carbocycles. The average molecular weight is 387 g/mol. The highest BCUT2D eigenvalue weighted by atomic mass is 32.2. The third-order valence-corrected chi connectivity index (χ3v) is 7.52. The van der Waals surface area contributed by atoms with Gasteiger partial charge in [0.2, 0.25) is 5.91 Å². The quantitative estimate of drug-likeness (QED) is 0.291. The predicted molar refractivity (Wildman–Crippen MR) is 91.5 cm³/mol. The fraction of sp³-hybridized carbons (Fsp3) is 0.765. The fourth-order valence-corrected chi connectivity index (χ4v) is 6.57. The summed E-state index contributed by atoms with van der Waals surface area (Å²) in [6.45, 7) is 9.11. The molecule has 5 unspecified atom stereocenters. The molecule has 0 aromatic heterocycles. The van der Waals surface area contributed by atoms with Crippen LogP contribution in [0.15, 0.2) is 12.2 Å². The van der Waals surface area contributed by atoms with Gasteiger partial charge in [0.1, 0.15) is 19.3 Å². The molecule has 3 fully saturated rings. The van der Waals surface area contributed by atoms with Crippen LogP contribution < -0.4 is 5.32 Å². The zero-order valence-electron chi connectivity index (χ0n) is 15.2. The Labute approximate surface area is 153 Å². The van der Waals surface area contributed by atoms with Crippen molar-refractivity contribution in [1.29, 1.82) is 0 Å². The number of carbonyl (C=O) groups is 2. The van der Waals surface area contributed by atoms with Crippen molar-refractivity contribution in [3.05, 3.63) is 12.2 Å². The van der Waals surface area contributed by atoms with Crippen LogP contribution in [-0.2, 0) is 33.4 Å². The maximum Gasteiger partial charge on any atom is 0.333 e. The van der Waals surface area contributed by atoms with Crippen LogP contribution in [-0.4, -0.2) is 57.5 Å². The van der Waals surface area contributed by atoms with Crippen molar-refractivity contribution in [1.82, 2.24) is 5.32 Å². The van der Waals surface area contributed by atoms with E-state index in [-0.39, 0.29) is 42.9 Å². The van der Waals surface area contributed by atoms with Crippen LogP contribution in [0.25, 0.3) is 0 Å². The molecule has 5 atom stereocenters. The van der Waals surface area contributed by atoms with Crippen LogP contribution in [0.1, 0.15) is 27.2 Å².